The van der Waals surface area contributed by atoms with Gasteiger partial charge in [-0.1, -0.05) is 6.58 Å². The highest BCUT2D eigenvalue weighted by atomic mass is 31.2. The van der Waals surface area contributed by atoms with Gasteiger partial charge in [0.25, 0.3) is 0 Å². The van der Waals surface area contributed by atoms with Gasteiger partial charge in [-0.2, -0.15) is 0 Å². The molecular weight excluding hydrogens is 203 g/mol. The van der Waals surface area contributed by atoms with Gasteiger partial charge >= 0.3 is 5.97 Å². The van der Waals surface area contributed by atoms with E-state index in [0.29, 0.717) is 13.2 Å². The minimum atomic E-state index is -2.73. The molecule has 0 N–H and O–H groups in total. The van der Waals surface area contributed by atoms with Crippen molar-refractivity contribution in [3.63, 3.8) is 0 Å². The van der Waals surface area contributed by atoms with Crippen molar-refractivity contribution in [2.45, 2.75) is 13.8 Å². The molecule has 0 aromatic heterocycles. The minimum absolute atomic E-state index is 0.0552. The third kappa shape index (κ3) is 5.20. The van der Waals surface area contributed by atoms with Gasteiger partial charge in [0.2, 0.25) is 7.37 Å². The van der Waals surface area contributed by atoms with Crippen molar-refractivity contribution in [1.29, 1.82) is 0 Å². The zero-order valence-corrected chi connectivity index (χ0v) is 9.80. The van der Waals surface area contributed by atoms with Crippen LogP contribution in [0.15, 0.2) is 12.2 Å². The first-order chi connectivity index (χ1) is 6.43. The highest BCUT2D eigenvalue weighted by Crippen LogP contribution is 2.43. The Morgan fingerprint density at radius 1 is 1.36 bits per heavy atom. The van der Waals surface area contributed by atoms with Crippen molar-refractivity contribution < 1.29 is 18.6 Å². The molecule has 0 amide bonds. The molecule has 1 atom stereocenters. The van der Waals surface area contributed by atoms with Crippen molar-refractivity contribution >= 4 is 13.3 Å². The molecular formula is C9H17O4P. The third-order valence-corrected chi connectivity index (χ3v) is 3.20. The highest BCUT2D eigenvalue weighted by Gasteiger charge is 2.20. The topological polar surface area (TPSA) is 52.6 Å². The molecule has 0 aromatic carbocycles. The van der Waals surface area contributed by atoms with Crippen molar-refractivity contribution in [2.24, 2.45) is 0 Å². The van der Waals surface area contributed by atoms with Crippen molar-refractivity contribution in [3.05, 3.63) is 12.2 Å². The first kappa shape index (κ1) is 13.4. The van der Waals surface area contributed by atoms with Crippen molar-refractivity contribution in [3.8, 4) is 0 Å². The monoisotopic (exact) mass is 220 g/mol. The van der Waals surface area contributed by atoms with E-state index in [9.17, 15) is 9.36 Å². The Bertz CT molecular complexity index is 260. The zero-order chi connectivity index (χ0) is 11.2. The predicted molar refractivity (Wildman–Crippen MR) is 55.8 cm³/mol. The van der Waals surface area contributed by atoms with Crippen molar-refractivity contribution in [2.75, 3.05) is 26.0 Å². The molecule has 0 rings (SSSR count). The van der Waals surface area contributed by atoms with E-state index in [1.807, 2.05) is 0 Å². The number of rotatable bonds is 6. The molecule has 14 heavy (non-hydrogen) atoms. The second-order valence-corrected chi connectivity index (χ2v) is 5.52. The molecule has 0 bridgehead atoms. The number of esters is 1. The van der Waals surface area contributed by atoms with E-state index in [2.05, 4.69) is 6.58 Å². The van der Waals surface area contributed by atoms with Crippen LogP contribution in [-0.2, 0) is 18.6 Å². The van der Waals surface area contributed by atoms with Crippen LogP contribution in [0.1, 0.15) is 13.8 Å². The summed E-state index contributed by atoms with van der Waals surface area (Å²) in [5.41, 5.74) is 0.200. The summed E-state index contributed by atoms with van der Waals surface area (Å²) in [6.07, 6.45) is 0.0552. The molecule has 0 saturated heterocycles. The van der Waals surface area contributed by atoms with Crippen LogP contribution in [0.5, 0.6) is 0 Å². The van der Waals surface area contributed by atoms with Gasteiger partial charge in [-0.05, 0) is 13.8 Å². The molecule has 0 radical (unpaired) electrons. The average molecular weight is 220 g/mol. The molecule has 1 unspecified atom stereocenters. The smallest absolute Gasteiger partial charge is 0.333 e. The summed E-state index contributed by atoms with van der Waals surface area (Å²) < 4.78 is 21.4. The van der Waals surface area contributed by atoms with E-state index in [4.69, 9.17) is 9.26 Å². The maximum absolute atomic E-state index is 11.6. The number of carbonyl (C=O) groups excluding carboxylic acids is 1. The van der Waals surface area contributed by atoms with Crippen LogP contribution in [0.2, 0.25) is 0 Å². The van der Waals surface area contributed by atoms with E-state index in [1.165, 1.54) is 6.66 Å². The predicted octanol–water partition coefficient (Wildman–Crippen LogP) is 2.05. The lowest BCUT2D eigenvalue weighted by atomic mass is 10.4. The zero-order valence-electron chi connectivity index (χ0n) is 8.91. The number of hydrogen-bond donors (Lipinski definition) is 0. The summed E-state index contributed by atoms with van der Waals surface area (Å²) in [7, 11) is -2.73. The minimum Gasteiger partial charge on any atom is -0.463 e. The van der Waals surface area contributed by atoms with E-state index in [1.54, 1.807) is 13.8 Å². The number of carbonyl (C=O) groups is 1. The summed E-state index contributed by atoms with van der Waals surface area (Å²) in [6, 6.07) is 0. The molecule has 0 heterocycles. The molecule has 0 aromatic rings. The SMILES string of the molecule is C=C(CP(C)(=O)OCC)C(=O)OCC. The molecule has 0 fully saturated rings. The molecule has 0 aliphatic rings. The Balaban J connectivity index is 4.18. The molecule has 82 valence electrons. The first-order valence-corrected chi connectivity index (χ1v) is 6.74. The van der Waals surface area contributed by atoms with E-state index >= 15 is 0 Å². The van der Waals surface area contributed by atoms with Crippen LogP contribution in [0, 0.1) is 0 Å². The summed E-state index contributed by atoms with van der Waals surface area (Å²) in [5, 5.41) is 0. The fourth-order valence-electron chi connectivity index (χ4n) is 0.963. The second-order valence-electron chi connectivity index (χ2n) is 2.91. The maximum atomic E-state index is 11.6. The van der Waals surface area contributed by atoms with E-state index < -0.39 is 13.3 Å². The van der Waals surface area contributed by atoms with Gasteiger partial charge in [-0.25, -0.2) is 4.79 Å². The maximum Gasteiger partial charge on any atom is 0.333 e. The van der Waals surface area contributed by atoms with Crippen LogP contribution < -0.4 is 0 Å². The Hall–Kier alpha value is -0.600. The standard InChI is InChI=1S/C9H17O4P/c1-5-12-9(10)8(3)7-14(4,11)13-6-2/h3,5-7H2,1-2,4H3. The summed E-state index contributed by atoms with van der Waals surface area (Å²) in [5.74, 6) is -0.505. The van der Waals surface area contributed by atoms with Crippen LogP contribution in [0.3, 0.4) is 0 Å². The molecule has 0 saturated carbocycles. The Kier molecular flexibility index (Phi) is 5.73. The van der Waals surface area contributed by atoms with Crippen molar-refractivity contribution in [1.82, 2.24) is 0 Å². The molecule has 5 heteroatoms. The number of hydrogen-bond acceptors (Lipinski definition) is 4. The van der Waals surface area contributed by atoms with Gasteiger partial charge in [-0.15, -0.1) is 0 Å². The van der Waals surface area contributed by atoms with Crippen LogP contribution >= 0.6 is 7.37 Å². The lowest BCUT2D eigenvalue weighted by Gasteiger charge is -2.13. The van der Waals surface area contributed by atoms with Gasteiger partial charge < -0.3 is 9.26 Å². The van der Waals surface area contributed by atoms with Gasteiger partial charge in [0.1, 0.15) is 0 Å². The Morgan fingerprint density at radius 2 is 1.93 bits per heavy atom. The number of ether oxygens (including phenoxy) is 1. The van der Waals surface area contributed by atoms with Gasteiger partial charge in [0.05, 0.1) is 19.4 Å². The van der Waals surface area contributed by atoms with Crippen LogP contribution in [0.4, 0.5) is 0 Å². The lowest BCUT2D eigenvalue weighted by Crippen LogP contribution is -2.10. The molecule has 4 nitrogen and oxygen atoms in total. The van der Waals surface area contributed by atoms with Gasteiger partial charge in [0, 0.05) is 12.2 Å². The highest BCUT2D eigenvalue weighted by molar-refractivity contribution is 7.58. The third-order valence-electron chi connectivity index (χ3n) is 1.44. The lowest BCUT2D eigenvalue weighted by molar-refractivity contribution is -0.138. The largest absolute Gasteiger partial charge is 0.463 e. The summed E-state index contributed by atoms with van der Waals surface area (Å²) >= 11 is 0. The second kappa shape index (κ2) is 5.99. The van der Waals surface area contributed by atoms with Gasteiger partial charge in [0.15, 0.2) is 0 Å². The Labute approximate surface area is 84.7 Å². The van der Waals surface area contributed by atoms with Crippen LogP contribution in [-0.4, -0.2) is 32.0 Å². The van der Waals surface area contributed by atoms with E-state index in [0.717, 1.165) is 0 Å². The average Bonchev–Trinajstić information content (AvgIpc) is 2.03. The molecule has 0 spiro atoms. The Morgan fingerprint density at radius 3 is 2.36 bits per heavy atom. The summed E-state index contributed by atoms with van der Waals surface area (Å²) in [6.45, 7) is 9.12. The normalized spacial score (nSPS) is 14.5. The van der Waals surface area contributed by atoms with Crippen LogP contribution in [0.25, 0.3) is 0 Å². The fraction of sp³-hybridized carbons (Fsp3) is 0.667. The fourth-order valence-corrected chi connectivity index (χ4v) is 2.42. The van der Waals surface area contributed by atoms with Gasteiger partial charge in [-0.3, -0.25) is 4.57 Å². The first-order valence-electron chi connectivity index (χ1n) is 4.49. The molecule has 0 aliphatic carbocycles. The molecule has 0 aliphatic heterocycles. The summed E-state index contributed by atoms with van der Waals surface area (Å²) in [4.78, 5) is 11.1. The quantitative estimate of drug-likeness (QED) is 0.390. The van der Waals surface area contributed by atoms with E-state index in [-0.39, 0.29) is 11.7 Å².